The molecule has 1 N–H and O–H groups in total. The van der Waals surface area contributed by atoms with Crippen LogP contribution in [0.25, 0.3) is 0 Å². The molecule has 1 aliphatic carbocycles. The molecule has 0 radical (unpaired) electrons. The molecule has 0 aromatic rings. The monoisotopic (exact) mass is 199 g/mol. The second-order valence-corrected chi connectivity index (χ2v) is 4.77. The standard InChI is InChI=1S/C11H21NO2/c1-8(2)7-12(10-4-5-10)9(3)6-11(13)14/h8-10H,4-7H2,1-3H3,(H,13,14). The maximum atomic E-state index is 10.6. The van der Waals surface area contributed by atoms with Gasteiger partial charge in [0.05, 0.1) is 6.42 Å². The Morgan fingerprint density at radius 3 is 2.36 bits per heavy atom. The van der Waals surface area contributed by atoms with E-state index in [-0.39, 0.29) is 12.5 Å². The van der Waals surface area contributed by atoms with Crippen molar-refractivity contribution in [2.45, 2.75) is 52.1 Å². The highest BCUT2D eigenvalue weighted by molar-refractivity contribution is 5.67. The second-order valence-electron chi connectivity index (χ2n) is 4.77. The van der Waals surface area contributed by atoms with E-state index in [2.05, 4.69) is 18.7 Å². The van der Waals surface area contributed by atoms with E-state index in [0.29, 0.717) is 12.0 Å². The molecule has 0 spiro atoms. The van der Waals surface area contributed by atoms with E-state index >= 15 is 0 Å². The molecule has 1 rings (SSSR count). The van der Waals surface area contributed by atoms with Gasteiger partial charge in [0.15, 0.2) is 0 Å². The summed E-state index contributed by atoms with van der Waals surface area (Å²) in [6.07, 6.45) is 2.76. The van der Waals surface area contributed by atoms with Crippen molar-refractivity contribution < 1.29 is 9.90 Å². The third-order valence-corrected chi connectivity index (χ3v) is 2.63. The van der Waals surface area contributed by atoms with Crippen molar-refractivity contribution in [1.29, 1.82) is 0 Å². The van der Waals surface area contributed by atoms with Crippen LogP contribution in [0.4, 0.5) is 0 Å². The zero-order chi connectivity index (χ0) is 10.7. The number of hydrogen-bond acceptors (Lipinski definition) is 2. The molecule has 3 nitrogen and oxygen atoms in total. The highest BCUT2D eigenvalue weighted by Gasteiger charge is 2.32. The molecule has 0 aromatic heterocycles. The number of carbonyl (C=O) groups is 1. The molecule has 1 aliphatic rings. The van der Waals surface area contributed by atoms with Crippen molar-refractivity contribution in [3.05, 3.63) is 0 Å². The Labute approximate surface area is 86.1 Å². The van der Waals surface area contributed by atoms with Crippen LogP contribution in [0, 0.1) is 5.92 Å². The second kappa shape index (κ2) is 4.78. The van der Waals surface area contributed by atoms with Crippen LogP contribution in [0.15, 0.2) is 0 Å². The minimum atomic E-state index is -0.688. The van der Waals surface area contributed by atoms with E-state index < -0.39 is 5.97 Å². The number of carboxylic acids is 1. The summed E-state index contributed by atoms with van der Waals surface area (Å²) in [4.78, 5) is 13.0. The first kappa shape index (κ1) is 11.5. The Kier molecular flexibility index (Phi) is 3.93. The Morgan fingerprint density at radius 1 is 1.43 bits per heavy atom. The highest BCUT2D eigenvalue weighted by atomic mass is 16.4. The van der Waals surface area contributed by atoms with Crippen LogP contribution >= 0.6 is 0 Å². The van der Waals surface area contributed by atoms with Crippen LogP contribution in [0.2, 0.25) is 0 Å². The maximum Gasteiger partial charge on any atom is 0.304 e. The van der Waals surface area contributed by atoms with Crippen LogP contribution < -0.4 is 0 Å². The lowest BCUT2D eigenvalue weighted by molar-refractivity contribution is -0.138. The van der Waals surface area contributed by atoms with Crippen molar-refractivity contribution in [2.75, 3.05) is 6.54 Å². The van der Waals surface area contributed by atoms with Gasteiger partial charge >= 0.3 is 5.97 Å². The predicted octanol–water partition coefficient (Wildman–Crippen LogP) is 1.97. The van der Waals surface area contributed by atoms with Crippen LogP contribution in [-0.4, -0.2) is 34.6 Å². The Balaban J connectivity index is 2.44. The summed E-state index contributed by atoms with van der Waals surface area (Å²) in [7, 11) is 0. The average molecular weight is 199 g/mol. The molecule has 3 heteroatoms. The summed E-state index contributed by atoms with van der Waals surface area (Å²) in [6.45, 7) is 7.42. The Morgan fingerprint density at radius 2 is 2.00 bits per heavy atom. The molecule has 0 aliphatic heterocycles. The topological polar surface area (TPSA) is 40.5 Å². The third-order valence-electron chi connectivity index (χ3n) is 2.63. The summed E-state index contributed by atoms with van der Waals surface area (Å²) >= 11 is 0. The lowest BCUT2D eigenvalue weighted by Gasteiger charge is -2.29. The first-order valence-electron chi connectivity index (χ1n) is 5.48. The van der Waals surface area contributed by atoms with E-state index in [9.17, 15) is 4.79 Å². The van der Waals surface area contributed by atoms with Crippen molar-refractivity contribution in [3.8, 4) is 0 Å². The summed E-state index contributed by atoms with van der Waals surface area (Å²) in [5, 5.41) is 8.74. The fourth-order valence-electron chi connectivity index (χ4n) is 1.89. The van der Waals surface area contributed by atoms with Gasteiger partial charge < -0.3 is 5.11 Å². The van der Waals surface area contributed by atoms with E-state index in [1.54, 1.807) is 0 Å². The predicted molar refractivity (Wildman–Crippen MR) is 56.3 cm³/mol. The van der Waals surface area contributed by atoms with Gasteiger partial charge in [0.2, 0.25) is 0 Å². The number of aliphatic carboxylic acids is 1. The van der Waals surface area contributed by atoms with E-state index in [1.165, 1.54) is 12.8 Å². The normalized spacial score (nSPS) is 18.9. The minimum Gasteiger partial charge on any atom is -0.481 e. The van der Waals surface area contributed by atoms with Crippen LogP contribution in [-0.2, 0) is 4.79 Å². The average Bonchev–Trinajstić information content (AvgIpc) is 2.80. The maximum absolute atomic E-state index is 10.6. The molecule has 14 heavy (non-hydrogen) atoms. The van der Waals surface area contributed by atoms with E-state index in [0.717, 1.165) is 6.54 Å². The highest BCUT2D eigenvalue weighted by Crippen LogP contribution is 2.30. The molecular weight excluding hydrogens is 178 g/mol. The molecule has 0 saturated heterocycles. The van der Waals surface area contributed by atoms with Gasteiger partial charge in [0.25, 0.3) is 0 Å². The fraction of sp³-hybridized carbons (Fsp3) is 0.909. The van der Waals surface area contributed by atoms with Gasteiger partial charge in [-0.3, -0.25) is 9.69 Å². The third kappa shape index (κ3) is 3.66. The number of hydrogen-bond donors (Lipinski definition) is 1. The fourth-order valence-corrected chi connectivity index (χ4v) is 1.89. The molecule has 1 saturated carbocycles. The van der Waals surface area contributed by atoms with Crippen molar-refractivity contribution in [3.63, 3.8) is 0 Å². The quantitative estimate of drug-likeness (QED) is 0.711. The molecule has 1 atom stereocenters. The summed E-state index contributed by atoms with van der Waals surface area (Å²) in [6, 6.07) is 0.842. The Bertz CT molecular complexity index is 199. The Hall–Kier alpha value is -0.570. The molecule has 0 bridgehead atoms. The number of rotatable bonds is 6. The van der Waals surface area contributed by atoms with E-state index in [1.807, 2.05) is 6.92 Å². The van der Waals surface area contributed by atoms with Crippen molar-refractivity contribution in [1.82, 2.24) is 4.90 Å². The largest absolute Gasteiger partial charge is 0.481 e. The summed E-state index contributed by atoms with van der Waals surface area (Å²) < 4.78 is 0. The molecule has 82 valence electrons. The minimum absolute atomic E-state index is 0.183. The van der Waals surface area contributed by atoms with Gasteiger partial charge in [-0.2, -0.15) is 0 Å². The van der Waals surface area contributed by atoms with Gasteiger partial charge in [-0.25, -0.2) is 0 Å². The van der Waals surface area contributed by atoms with Crippen molar-refractivity contribution >= 4 is 5.97 Å². The van der Waals surface area contributed by atoms with Gasteiger partial charge in [-0.05, 0) is 25.7 Å². The SMILES string of the molecule is CC(C)CN(C(C)CC(=O)O)C1CC1. The van der Waals surface area contributed by atoms with Gasteiger partial charge in [0.1, 0.15) is 0 Å². The molecule has 0 aromatic carbocycles. The lowest BCUT2D eigenvalue weighted by Crippen LogP contribution is -2.39. The van der Waals surface area contributed by atoms with E-state index in [4.69, 9.17) is 5.11 Å². The lowest BCUT2D eigenvalue weighted by atomic mass is 10.1. The first-order chi connectivity index (χ1) is 6.50. The molecular formula is C11H21NO2. The smallest absolute Gasteiger partial charge is 0.304 e. The molecule has 1 fully saturated rings. The zero-order valence-electron chi connectivity index (χ0n) is 9.36. The van der Waals surface area contributed by atoms with Crippen molar-refractivity contribution in [2.24, 2.45) is 5.92 Å². The number of nitrogens with zero attached hydrogens (tertiary/aromatic N) is 1. The number of carboxylic acid groups (broad SMARTS) is 1. The summed E-state index contributed by atoms with van der Waals surface area (Å²) in [5.74, 6) is -0.0706. The van der Waals surface area contributed by atoms with Gasteiger partial charge in [-0.1, -0.05) is 13.8 Å². The molecule has 1 unspecified atom stereocenters. The molecule has 0 heterocycles. The van der Waals surface area contributed by atoms with Crippen LogP contribution in [0.5, 0.6) is 0 Å². The van der Waals surface area contributed by atoms with Gasteiger partial charge in [-0.15, -0.1) is 0 Å². The molecule has 0 amide bonds. The van der Waals surface area contributed by atoms with Crippen LogP contribution in [0.1, 0.15) is 40.0 Å². The summed E-state index contributed by atoms with van der Waals surface area (Å²) in [5.41, 5.74) is 0. The van der Waals surface area contributed by atoms with Crippen LogP contribution in [0.3, 0.4) is 0 Å². The zero-order valence-corrected chi connectivity index (χ0v) is 9.36. The first-order valence-corrected chi connectivity index (χ1v) is 5.48. The van der Waals surface area contributed by atoms with Gasteiger partial charge in [0, 0.05) is 18.6 Å².